The van der Waals surface area contributed by atoms with Gasteiger partial charge in [0.2, 0.25) is 0 Å². The summed E-state index contributed by atoms with van der Waals surface area (Å²) < 4.78 is 16.7. The molecule has 0 amide bonds. The van der Waals surface area contributed by atoms with E-state index >= 15 is 0 Å². The Bertz CT molecular complexity index is 559. The third-order valence-corrected chi connectivity index (χ3v) is 3.57. The van der Waals surface area contributed by atoms with Crippen molar-refractivity contribution >= 4 is 11.9 Å². The van der Waals surface area contributed by atoms with Gasteiger partial charge in [-0.2, -0.15) is 0 Å². The molecular weight excluding hydrogens is 336 g/mol. The molecule has 0 aliphatic heterocycles. The molecule has 1 N–H and O–H groups in total. The Morgan fingerprint density at radius 3 is 2.04 bits per heavy atom. The van der Waals surface area contributed by atoms with Crippen molar-refractivity contribution in [1.29, 1.82) is 0 Å². The standard InChI is InChI=1S/C16H22O4.C4H6O2/c1-12(2)16(17)18-11-15(19-13-7-3-4-8-13)20-14-9-5-6-10-14;1-2-3-4(5)6/h7,9,15H,1,3-6,8,10-11H2,2H3;2-3H,1H3,(H,5,6). The van der Waals surface area contributed by atoms with Gasteiger partial charge in [0, 0.05) is 24.5 Å². The molecule has 0 unspecified atom stereocenters. The highest BCUT2D eigenvalue weighted by Crippen LogP contribution is 2.25. The Balaban J connectivity index is 0.000000487. The summed E-state index contributed by atoms with van der Waals surface area (Å²) in [4.78, 5) is 21.0. The van der Waals surface area contributed by atoms with E-state index in [1.54, 1.807) is 13.8 Å². The third-order valence-electron chi connectivity index (χ3n) is 3.57. The molecular formula is C20H28O6. The number of ether oxygens (including phenoxy) is 3. The Labute approximate surface area is 154 Å². The van der Waals surface area contributed by atoms with Crippen LogP contribution in [0.3, 0.4) is 0 Å². The molecule has 144 valence electrons. The third kappa shape index (κ3) is 9.11. The number of allylic oxidation sites excluding steroid dienone is 5. The molecule has 0 aromatic carbocycles. The molecule has 26 heavy (non-hydrogen) atoms. The van der Waals surface area contributed by atoms with Crippen LogP contribution in [-0.4, -0.2) is 29.9 Å². The summed E-state index contributed by atoms with van der Waals surface area (Å²) in [7, 11) is 0. The summed E-state index contributed by atoms with van der Waals surface area (Å²) >= 11 is 0. The van der Waals surface area contributed by atoms with Crippen molar-refractivity contribution in [3.05, 3.63) is 48.0 Å². The summed E-state index contributed by atoms with van der Waals surface area (Å²) in [5, 5.41) is 7.83. The van der Waals surface area contributed by atoms with E-state index in [0.717, 1.165) is 56.1 Å². The van der Waals surface area contributed by atoms with E-state index in [4.69, 9.17) is 19.3 Å². The topological polar surface area (TPSA) is 82.1 Å². The summed E-state index contributed by atoms with van der Waals surface area (Å²) in [6, 6.07) is 0. The maximum atomic E-state index is 11.5. The van der Waals surface area contributed by atoms with Crippen molar-refractivity contribution in [3.63, 3.8) is 0 Å². The lowest BCUT2D eigenvalue weighted by Crippen LogP contribution is -2.25. The first-order chi connectivity index (χ1) is 12.4. The zero-order valence-corrected chi connectivity index (χ0v) is 15.5. The second-order valence-corrected chi connectivity index (χ2v) is 6.01. The van der Waals surface area contributed by atoms with Crippen molar-refractivity contribution in [2.75, 3.05) is 6.61 Å². The van der Waals surface area contributed by atoms with Crippen LogP contribution in [0.5, 0.6) is 0 Å². The molecule has 0 heterocycles. The van der Waals surface area contributed by atoms with Crippen LogP contribution in [0.25, 0.3) is 0 Å². The van der Waals surface area contributed by atoms with Crippen molar-refractivity contribution in [2.24, 2.45) is 0 Å². The molecule has 0 aromatic heterocycles. The zero-order chi connectivity index (χ0) is 19.4. The minimum atomic E-state index is -0.891. The lowest BCUT2D eigenvalue weighted by atomic mass is 10.3. The second-order valence-electron chi connectivity index (χ2n) is 6.01. The van der Waals surface area contributed by atoms with Crippen LogP contribution in [0.15, 0.2) is 48.0 Å². The van der Waals surface area contributed by atoms with Crippen LogP contribution in [0.1, 0.15) is 52.4 Å². The molecule has 0 radical (unpaired) electrons. The van der Waals surface area contributed by atoms with Gasteiger partial charge < -0.3 is 19.3 Å². The number of hydrogen-bond acceptors (Lipinski definition) is 5. The van der Waals surface area contributed by atoms with Gasteiger partial charge in [0.25, 0.3) is 6.29 Å². The van der Waals surface area contributed by atoms with Crippen LogP contribution >= 0.6 is 0 Å². The van der Waals surface area contributed by atoms with Gasteiger partial charge in [0.15, 0.2) is 6.61 Å². The maximum Gasteiger partial charge on any atom is 0.333 e. The molecule has 6 heteroatoms. The van der Waals surface area contributed by atoms with Crippen LogP contribution in [0.4, 0.5) is 0 Å². The molecule has 0 bridgehead atoms. The minimum absolute atomic E-state index is 0.0837. The van der Waals surface area contributed by atoms with Crippen molar-refractivity contribution in [2.45, 2.75) is 58.7 Å². The molecule has 0 atom stereocenters. The van der Waals surface area contributed by atoms with E-state index in [2.05, 4.69) is 18.7 Å². The van der Waals surface area contributed by atoms with Crippen LogP contribution in [-0.2, 0) is 23.8 Å². The Hall–Kier alpha value is -2.50. The van der Waals surface area contributed by atoms with Crippen molar-refractivity contribution < 1.29 is 28.9 Å². The van der Waals surface area contributed by atoms with E-state index in [1.165, 1.54) is 6.08 Å². The molecule has 0 saturated carbocycles. The highest BCUT2D eigenvalue weighted by Gasteiger charge is 2.20. The molecule has 2 aliphatic rings. The Morgan fingerprint density at radius 2 is 1.73 bits per heavy atom. The maximum absolute atomic E-state index is 11.5. The smallest absolute Gasteiger partial charge is 0.333 e. The SMILES string of the molecule is C=C(C)C(=O)OCC(OC1=CCCC1)OC1=CCCC1.CC=CC(=O)O. The molecule has 0 spiro atoms. The molecule has 0 aromatic rings. The van der Waals surface area contributed by atoms with Gasteiger partial charge in [-0.05, 0) is 51.7 Å². The average Bonchev–Trinajstić information content (AvgIpc) is 3.26. The first-order valence-electron chi connectivity index (χ1n) is 8.82. The quantitative estimate of drug-likeness (QED) is 0.394. The average molecular weight is 364 g/mol. The lowest BCUT2D eigenvalue weighted by Gasteiger charge is -2.21. The number of aliphatic carboxylic acids is 1. The van der Waals surface area contributed by atoms with E-state index in [1.807, 2.05) is 0 Å². The van der Waals surface area contributed by atoms with E-state index in [-0.39, 0.29) is 6.61 Å². The Morgan fingerprint density at radius 1 is 1.19 bits per heavy atom. The van der Waals surface area contributed by atoms with Gasteiger partial charge in [-0.15, -0.1) is 0 Å². The minimum Gasteiger partial charge on any atom is -0.478 e. The summed E-state index contributed by atoms with van der Waals surface area (Å²) in [5.41, 5.74) is 0.379. The van der Waals surface area contributed by atoms with Gasteiger partial charge in [-0.25, -0.2) is 9.59 Å². The van der Waals surface area contributed by atoms with E-state index in [9.17, 15) is 9.59 Å². The van der Waals surface area contributed by atoms with E-state index < -0.39 is 18.2 Å². The molecule has 0 fully saturated rings. The number of rotatable bonds is 8. The van der Waals surface area contributed by atoms with Crippen LogP contribution < -0.4 is 0 Å². The van der Waals surface area contributed by atoms with Gasteiger partial charge >= 0.3 is 11.9 Å². The van der Waals surface area contributed by atoms with Gasteiger partial charge in [-0.3, -0.25) is 0 Å². The number of esters is 1. The monoisotopic (exact) mass is 364 g/mol. The van der Waals surface area contributed by atoms with Crippen molar-refractivity contribution in [3.8, 4) is 0 Å². The van der Waals surface area contributed by atoms with Gasteiger partial charge in [0.1, 0.15) is 0 Å². The fourth-order valence-corrected chi connectivity index (χ4v) is 2.34. The van der Waals surface area contributed by atoms with Crippen LogP contribution in [0.2, 0.25) is 0 Å². The fraction of sp³-hybridized carbons (Fsp3) is 0.500. The molecule has 6 nitrogen and oxygen atoms in total. The summed E-state index contributed by atoms with van der Waals surface area (Å²) in [5.74, 6) is 0.556. The number of carboxylic acid groups (broad SMARTS) is 1. The number of carbonyl (C=O) groups is 2. The number of hydrogen-bond donors (Lipinski definition) is 1. The normalized spacial score (nSPS) is 15.8. The first-order valence-corrected chi connectivity index (χ1v) is 8.82. The molecule has 0 saturated heterocycles. The molecule has 2 rings (SSSR count). The Kier molecular flexibility index (Phi) is 9.90. The lowest BCUT2D eigenvalue weighted by molar-refractivity contribution is -0.159. The highest BCUT2D eigenvalue weighted by atomic mass is 16.7. The first kappa shape index (κ1) is 21.5. The number of carboxylic acids is 1. The van der Waals surface area contributed by atoms with E-state index in [0.29, 0.717) is 5.57 Å². The predicted octanol–water partition coefficient (Wildman–Crippen LogP) is 4.25. The summed E-state index contributed by atoms with van der Waals surface area (Å²) in [6.45, 7) is 6.93. The highest BCUT2D eigenvalue weighted by molar-refractivity contribution is 5.86. The number of carbonyl (C=O) groups excluding carboxylic acids is 1. The largest absolute Gasteiger partial charge is 0.478 e. The van der Waals surface area contributed by atoms with Gasteiger partial charge in [0.05, 0.1) is 11.5 Å². The van der Waals surface area contributed by atoms with Crippen LogP contribution in [0, 0.1) is 0 Å². The second kappa shape index (κ2) is 12.0. The van der Waals surface area contributed by atoms with Crippen molar-refractivity contribution in [1.82, 2.24) is 0 Å². The zero-order valence-electron chi connectivity index (χ0n) is 15.5. The fourth-order valence-electron chi connectivity index (χ4n) is 2.34. The van der Waals surface area contributed by atoms with Gasteiger partial charge in [-0.1, -0.05) is 12.7 Å². The predicted molar refractivity (Wildman–Crippen MR) is 98.0 cm³/mol. The molecule has 2 aliphatic carbocycles. The summed E-state index contributed by atoms with van der Waals surface area (Å²) in [6.07, 6.45) is 12.3.